The zero-order valence-corrected chi connectivity index (χ0v) is 11.5. The summed E-state index contributed by atoms with van der Waals surface area (Å²) in [7, 11) is 2.04. The Morgan fingerprint density at radius 3 is 2.50 bits per heavy atom. The number of para-hydroxylation sites is 2. The SMILES string of the molecule is Cn1c(CC(NN)c2ccccc2)nc2ccccc21. The van der Waals surface area contributed by atoms with E-state index in [2.05, 4.69) is 28.2 Å². The van der Waals surface area contributed by atoms with Crippen LogP contribution in [0.25, 0.3) is 11.0 Å². The van der Waals surface area contributed by atoms with E-state index in [1.165, 1.54) is 5.56 Å². The van der Waals surface area contributed by atoms with Crippen molar-refractivity contribution >= 4 is 11.0 Å². The van der Waals surface area contributed by atoms with E-state index >= 15 is 0 Å². The number of rotatable bonds is 4. The first-order valence-corrected chi connectivity index (χ1v) is 6.71. The largest absolute Gasteiger partial charge is 0.331 e. The Hall–Kier alpha value is -2.17. The minimum absolute atomic E-state index is 0.0618. The second-order valence-corrected chi connectivity index (χ2v) is 4.91. The van der Waals surface area contributed by atoms with Crippen molar-refractivity contribution in [2.75, 3.05) is 0 Å². The highest BCUT2D eigenvalue weighted by atomic mass is 15.2. The Morgan fingerprint density at radius 1 is 1.10 bits per heavy atom. The molecule has 1 unspecified atom stereocenters. The fourth-order valence-corrected chi connectivity index (χ4v) is 2.52. The van der Waals surface area contributed by atoms with Crippen LogP contribution in [0.5, 0.6) is 0 Å². The number of benzene rings is 2. The summed E-state index contributed by atoms with van der Waals surface area (Å²) in [6, 6.07) is 18.4. The molecule has 0 amide bonds. The molecule has 0 saturated heterocycles. The Bertz CT molecular complexity index is 703. The molecule has 3 N–H and O–H groups in total. The van der Waals surface area contributed by atoms with Gasteiger partial charge in [0.2, 0.25) is 0 Å². The number of aromatic nitrogens is 2. The number of imidazole rings is 1. The van der Waals surface area contributed by atoms with E-state index < -0.39 is 0 Å². The lowest BCUT2D eigenvalue weighted by Crippen LogP contribution is -2.30. The quantitative estimate of drug-likeness (QED) is 0.563. The van der Waals surface area contributed by atoms with E-state index in [9.17, 15) is 0 Å². The van der Waals surface area contributed by atoms with Crippen LogP contribution in [-0.2, 0) is 13.5 Å². The smallest absolute Gasteiger partial charge is 0.111 e. The van der Waals surface area contributed by atoms with Gasteiger partial charge in [-0.05, 0) is 17.7 Å². The zero-order valence-electron chi connectivity index (χ0n) is 11.5. The lowest BCUT2D eigenvalue weighted by Gasteiger charge is -2.16. The van der Waals surface area contributed by atoms with Crippen molar-refractivity contribution in [1.29, 1.82) is 0 Å². The van der Waals surface area contributed by atoms with Gasteiger partial charge in [-0.1, -0.05) is 42.5 Å². The van der Waals surface area contributed by atoms with Crippen molar-refractivity contribution in [3.8, 4) is 0 Å². The third-order valence-corrected chi connectivity index (χ3v) is 3.67. The average Bonchev–Trinajstić information content (AvgIpc) is 2.82. The van der Waals surface area contributed by atoms with Crippen LogP contribution in [0.4, 0.5) is 0 Å². The van der Waals surface area contributed by atoms with Crippen molar-refractivity contribution in [3.63, 3.8) is 0 Å². The molecule has 0 saturated carbocycles. The number of nitrogens with one attached hydrogen (secondary N) is 1. The molecule has 102 valence electrons. The minimum Gasteiger partial charge on any atom is -0.331 e. The van der Waals surface area contributed by atoms with Crippen molar-refractivity contribution in [1.82, 2.24) is 15.0 Å². The first-order valence-electron chi connectivity index (χ1n) is 6.71. The van der Waals surface area contributed by atoms with E-state index in [0.717, 1.165) is 23.3 Å². The molecule has 0 aliphatic heterocycles. The first-order chi connectivity index (χ1) is 9.79. The van der Waals surface area contributed by atoms with Gasteiger partial charge >= 0.3 is 0 Å². The van der Waals surface area contributed by atoms with Crippen molar-refractivity contribution in [2.45, 2.75) is 12.5 Å². The summed E-state index contributed by atoms with van der Waals surface area (Å²) in [4.78, 5) is 4.69. The van der Waals surface area contributed by atoms with Crippen molar-refractivity contribution in [2.24, 2.45) is 12.9 Å². The summed E-state index contributed by atoms with van der Waals surface area (Å²) in [6.45, 7) is 0. The van der Waals surface area contributed by atoms with Crippen molar-refractivity contribution in [3.05, 3.63) is 66.0 Å². The molecule has 20 heavy (non-hydrogen) atoms. The molecular formula is C16H18N4. The molecular weight excluding hydrogens is 248 g/mol. The number of nitrogens with two attached hydrogens (primary N) is 1. The number of nitrogens with zero attached hydrogens (tertiary/aromatic N) is 2. The van der Waals surface area contributed by atoms with Crippen LogP contribution >= 0.6 is 0 Å². The summed E-state index contributed by atoms with van der Waals surface area (Å²) >= 11 is 0. The van der Waals surface area contributed by atoms with Gasteiger partial charge in [-0.2, -0.15) is 0 Å². The molecule has 0 fully saturated rings. The predicted molar refractivity (Wildman–Crippen MR) is 80.9 cm³/mol. The maximum absolute atomic E-state index is 5.71. The van der Waals surface area contributed by atoms with Crippen LogP contribution in [0.15, 0.2) is 54.6 Å². The van der Waals surface area contributed by atoms with E-state index in [-0.39, 0.29) is 6.04 Å². The Kier molecular flexibility index (Phi) is 3.50. The Balaban J connectivity index is 1.94. The molecule has 1 atom stereocenters. The summed E-state index contributed by atoms with van der Waals surface area (Å²) in [5.74, 6) is 6.74. The van der Waals surface area contributed by atoms with Crippen LogP contribution in [0.3, 0.4) is 0 Å². The van der Waals surface area contributed by atoms with Gasteiger partial charge in [-0.25, -0.2) is 4.98 Å². The maximum atomic E-state index is 5.71. The molecule has 1 heterocycles. The van der Waals surface area contributed by atoms with Crippen LogP contribution in [0, 0.1) is 0 Å². The van der Waals surface area contributed by atoms with Crippen molar-refractivity contribution < 1.29 is 0 Å². The average molecular weight is 266 g/mol. The summed E-state index contributed by atoms with van der Waals surface area (Å²) < 4.78 is 2.13. The number of fused-ring (bicyclic) bond motifs is 1. The van der Waals surface area contributed by atoms with E-state index in [1.807, 2.05) is 43.4 Å². The molecule has 0 bridgehead atoms. The van der Waals surface area contributed by atoms with Crippen LogP contribution in [-0.4, -0.2) is 9.55 Å². The molecule has 4 heteroatoms. The second-order valence-electron chi connectivity index (χ2n) is 4.91. The summed E-state index contributed by atoms with van der Waals surface area (Å²) in [5.41, 5.74) is 6.22. The highest BCUT2D eigenvalue weighted by Crippen LogP contribution is 2.20. The van der Waals surface area contributed by atoms with Gasteiger partial charge in [-0.3, -0.25) is 11.3 Å². The lowest BCUT2D eigenvalue weighted by molar-refractivity contribution is 0.532. The number of aryl methyl sites for hydroxylation is 1. The highest BCUT2D eigenvalue weighted by molar-refractivity contribution is 5.75. The second kappa shape index (κ2) is 5.45. The van der Waals surface area contributed by atoms with E-state index in [4.69, 9.17) is 10.8 Å². The highest BCUT2D eigenvalue weighted by Gasteiger charge is 2.15. The van der Waals surface area contributed by atoms with E-state index in [0.29, 0.717) is 0 Å². The number of hydrazine groups is 1. The summed E-state index contributed by atoms with van der Waals surface area (Å²) in [5, 5.41) is 0. The third kappa shape index (κ3) is 2.31. The van der Waals surface area contributed by atoms with Gasteiger partial charge < -0.3 is 4.57 Å². The Morgan fingerprint density at radius 2 is 1.80 bits per heavy atom. The monoisotopic (exact) mass is 266 g/mol. The van der Waals surface area contributed by atoms with E-state index in [1.54, 1.807) is 0 Å². The van der Waals surface area contributed by atoms with Gasteiger partial charge in [0.1, 0.15) is 5.82 Å². The molecule has 3 aromatic rings. The van der Waals surface area contributed by atoms with Crippen LogP contribution in [0.2, 0.25) is 0 Å². The van der Waals surface area contributed by atoms with Crippen LogP contribution in [0.1, 0.15) is 17.4 Å². The summed E-state index contributed by atoms with van der Waals surface area (Å²) in [6.07, 6.45) is 0.756. The fraction of sp³-hybridized carbons (Fsp3) is 0.188. The zero-order chi connectivity index (χ0) is 13.9. The molecule has 0 aliphatic rings. The standard InChI is InChI=1S/C16H18N4/c1-20-15-10-6-5-9-13(15)18-16(20)11-14(19-17)12-7-3-2-4-8-12/h2-10,14,19H,11,17H2,1H3. The maximum Gasteiger partial charge on any atom is 0.111 e. The lowest BCUT2D eigenvalue weighted by atomic mass is 10.0. The molecule has 0 spiro atoms. The van der Waals surface area contributed by atoms with Gasteiger partial charge in [0.15, 0.2) is 0 Å². The molecule has 2 aromatic carbocycles. The molecule has 1 aromatic heterocycles. The van der Waals surface area contributed by atoms with Gasteiger partial charge in [-0.15, -0.1) is 0 Å². The first kappa shape index (κ1) is 12.8. The normalized spacial score (nSPS) is 12.7. The van der Waals surface area contributed by atoms with Crippen LogP contribution < -0.4 is 11.3 Å². The minimum atomic E-state index is 0.0618. The topological polar surface area (TPSA) is 55.9 Å². The number of hydrogen-bond donors (Lipinski definition) is 2. The van der Waals surface area contributed by atoms with Gasteiger partial charge in [0.05, 0.1) is 17.1 Å². The predicted octanol–water partition coefficient (Wildman–Crippen LogP) is 2.32. The van der Waals surface area contributed by atoms with Gasteiger partial charge in [0, 0.05) is 13.5 Å². The molecule has 3 rings (SSSR count). The number of hydrogen-bond acceptors (Lipinski definition) is 3. The van der Waals surface area contributed by atoms with Gasteiger partial charge in [0.25, 0.3) is 0 Å². The fourth-order valence-electron chi connectivity index (χ4n) is 2.52. The third-order valence-electron chi connectivity index (χ3n) is 3.67. The Labute approximate surface area is 118 Å². The molecule has 0 radical (unpaired) electrons. The molecule has 4 nitrogen and oxygen atoms in total. The molecule has 0 aliphatic carbocycles.